The normalized spacial score (nSPS) is 9.50. The molecule has 0 radical (unpaired) electrons. The Balaban J connectivity index is 2.39. The van der Waals surface area contributed by atoms with E-state index >= 15 is 0 Å². The Hall–Kier alpha value is -4.40. The van der Waals surface area contributed by atoms with Crippen molar-refractivity contribution in [2.24, 2.45) is 0 Å². The maximum absolute atomic E-state index is 8.76. The van der Waals surface area contributed by atoms with Crippen molar-refractivity contribution in [1.29, 1.82) is 21.0 Å². The zero-order valence-corrected chi connectivity index (χ0v) is 17.5. The molecule has 0 aromatic heterocycles. The van der Waals surface area contributed by atoms with Crippen LogP contribution in [0.1, 0.15) is 25.7 Å². The molecule has 0 bridgehead atoms. The summed E-state index contributed by atoms with van der Waals surface area (Å²) in [5.41, 5.74) is 1.50. The van der Waals surface area contributed by atoms with Crippen molar-refractivity contribution in [3.8, 4) is 58.4 Å². The summed E-state index contributed by atoms with van der Waals surface area (Å²) in [6.07, 6.45) is 0.976. The minimum Gasteiger partial charge on any atom is -0.492 e. The Morgan fingerprint density at radius 2 is 0.688 bits per heavy atom. The van der Waals surface area contributed by atoms with E-state index in [1.54, 1.807) is 12.1 Å². The van der Waals surface area contributed by atoms with E-state index in [-0.39, 0.29) is 52.1 Å². The molecular weight excluding hydrogens is 408 g/mol. The maximum atomic E-state index is 8.76. The average Bonchev–Trinajstić information content (AvgIpc) is 2.80. The lowest BCUT2D eigenvalue weighted by Gasteiger charge is -2.14. The molecule has 2 rings (SSSR count). The van der Waals surface area contributed by atoms with Crippen LogP contribution in [0, 0.1) is 45.3 Å². The highest BCUT2D eigenvalue weighted by atomic mass is 16.5. The van der Waals surface area contributed by atoms with Gasteiger partial charge in [-0.2, -0.15) is 21.0 Å². The van der Waals surface area contributed by atoms with Gasteiger partial charge in [0.15, 0.2) is 0 Å². The van der Waals surface area contributed by atoms with Crippen LogP contribution in [0.3, 0.4) is 0 Å². The summed E-state index contributed by atoms with van der Waals surface area (Å²) < 4.78 is 22.7. The second-order valence-electron chi connectivity index (χ2n) is 6.41. The monoisotopic (exact) mass is 430 g/mol. The molecule has 0 saturated carbocycles. The van der Waals surface area contributed by atoms with Gasteiger partial charge in [0.25, 0.3) is 0 Å². The summed E-state index contributed by atoms with van der Waals surface area (Å²) >= 11 is 0. The number of benzene rings is 2. The first-order valence-electron chi connectivity index (χ1n) is 9.99. The van der Waals surface area contributed by atoms with Crippen molar-refractivity contribution in [3.63, 3.8) is 0 Å². The molecule has 0 N–H and O–H groups in total. The third-order valence-corrected chi connectivity index (χ3v) is 4.02. The molecule has 0 atom stereocenters. The number of nitriles is 4. The summed E-state index contributed by atoms with van der Waals surface area (Å²) in [7, 11) is 0. The summed E-state index contributed by atoms with van der Waals surface area (Å²) in [5.74, 6) is 2.08. The van der Waals surface area contributed by atoms with Gasteiger partial charge in [0, 0.05) is 12.1 Å². The predicted octanol–water partition coefficient (Wildman–Crippen LogP) is 4.52. The number of hydrogen-bond acceptors (Lipinski definition) is 8. The highest BCUT2D eigenvalue weighted by Crippen LogP contribution is 2.35. The van der Waals surface area contributed by atoms with Crippen LogP contribution in [0.15, 0.2) is 36.4 Å². The maximum Gasteiger partial charge on any atom is 0.123 e. The van der Waals surface area contributed by atoms with Crippen LogP contribution in [0.25, 0.3) is 11.1 Å². The van der Waals surface area contributed by atoms with Crippen LogP contribution in [0.5, 0.6) is 23.0 Å². The van der Waals surface area contributed by atoms with E-state index in [0.717, 1.165) is 11.1 Å². The average molecular weight is 430 g/mol. The van der Waals surface area contributed by atoms with Gasteiger partial charge in [-0.25, -0.2) is 0 Å². The van der Waals surface area contributed by atoms with Crippen LogP contribution in [-0.4, -0.2) is 26.4 Å². The lowest BCUT2D eigenvalue weighted by Crippen LogP contribution is -2.01. The smallest absolute Gasteiger partial charge is 0.123 e. The molecule has 2 aromatic carbocycles. The van der Waals surface area contributed by atoms with Crippen molar-refractivity contribution in [2.45, 2.75) is 25.7 Å². The largest absolute Gasteiger partial charge is 0.492 e. The Kier molecular flexibility index (Phi) is 10.3. The van der Waals surface area contributed by atoms with Crippen molar-refractivity contribution < 1.29 is 18.9 Å². The second-order valence-corrected chi connectivity index (χ2v) is 6.41. The number of nitrogens with zero attached hydrogens (tertiary/aromatic N) is 4. The fourth-order valence-electron chi connectivity index (χ4n) is 2.67. The molecule has 2 aromatic rings. The Labute approximate surface area is 187 Å². The van der Waals surface area contributed by atoms with Gasteiger partial charge in [0.1, 0.15) is 49.4 Å². The van der Waals surface area contributed by atoms with E-state index in [1.165, 1.54) is 0 Å². The molecule has 0 amide bonds. The lowest BCUT2D eigenvalue weighted by atomic mass is 10.0. The predicted molar refractivity (Wildman–Crippen MR) is 115 cm³/mol. The molecule has 8 nitrogen and oxygen atoms in total. The van der Waals surface area contributed by atoms with Gasteiger partial charge in [-0.1, -0.05) is 0 Å². The first-order valence-corrected chi connectivity index (χ1v) is 9.99. The van der Waals surface area contributed by atoms with Gasteiger partial charge >= 0.3 is 0 Å². The van der Waals surface area contributed by atoms with E-state index in [2.05, 4.69) is 0 Å². The minimum atomic E-state index is 0.234. The fourth-order valence-corrected chi connectivity index (χ4v) is 2.67. The Morgan fingerprint density at radius 1 is 0.438 bits per heavy atom. The molecule has 0 aliphatic carbocycles. The standard InChI is InChI=1S/C24H22N4O4/c25-5-1-9-29-21-13-19(14-22(17-21)30-10-2-6-26)20-15-23(31-11-3-7-27)18-24(16-20)32-12-4-8-28/h13-18H,1-4,9-12H2. The molecule has 0 aliphatic heterocycles. The lowest BCUT2D eigenvalue weighted by molar-refractivity contribution is 0.309. The van der Waals surface area contributed by atoms with E-state index in [0.29, 0.717) is 23.0 Å². The van der Waals surface area contributed by atoms with Gasteiger partial charge in [0.2, 0.25) is 0 Å². The SMILES string of the molecule is N#CCCOc1cc(OCCC#N)cc(-c2cc(OCCC#N)cc(OCCC#N)c2)c1. The molecular formula is C24H22N4O4. The highest BCUT2D eigenvalue weighted by molar-refractivity contribution is 5.70. The van der Waals surface area contributed by atoms with Crippen LogP contribution < -0.4 is 18.9 Å². The number of rotatable bonds is 13. The molecule has 8 heteroatoms. The minimum absolute atomic E-state index is 0.234. The Bertz CT molecular complexity index is 896. The molecule has 0 saturated heterocycles. The summed E-state index contributed by atoms with van der Waals surface area (Å²) in [6, 6.07) is 18.8. The zero-order chi connectivity index (χ0) is 23.0. The highest BCUT2D eigenvalue weighted by Gasteiger charge is 2.10. The number of hydrogen-bond donors (Lipinski definition) is 0. The third-order valence-electron chi connectivity index (χ3n) is 4.02. The molecule has 162 valence electrons. The van der Waals surface area contributed by atoms with E-state index in [1.807, 2.05) is 48.5 Å². The van der Waals surface area contributed by atoms with Gasteiger partial charge in [0.05, 0.1) is 50.0 Å². The van der Waals surface area contributed by atoms with Gasteiger partial charge in [-0.3, -0.25) is 0 Å². The molecule has 0 spiro atoms. The molecule has 0 fully saturated rings. The van der Waals surface area contributed by atoms with E-state index < -0.39 is 0 Å². The molecule has 0 unspecified atom stereocenters. The van der Waals surface area contributed by atoms with Crippen LogP contribution in [-0.2, 0) is 0 Å². The first kappa shape index (κ1) is 23.9. The van der Waals surface area contributed by atoms with Crippen LogP contribution in [0.2, 0.25) is 0 Å². The van der Waals surface area contributed by atoms with Crippen molar-refractivity contribution in [2.75, 3.05) is 26.4 Å². The molecule has 0 aliphatic rings. The molecule has 32 heavy (non-hydrogen) atoms. The van der Waals surface area contributed by atoms with Crippen molar-refractivity contribution in [1.82, 2.24) is 0 Å². The first-order chi connectivity index (χ1) is 15.7. The third kappa shape index (κ3) is 8.15. The summed E-state index contributed by atoms with van der Waals surface area (Å²) in [5, 5.41) is 35.0. The second kappa shape index (κ2) is 13.8. The number of ether oxygens (including phenoxy) is 4. The van der Waals surface area contributed by atoms with Crippen LogP contribution >= 0.6 is 0 Å². The summed E-state index contributed by atoms with van der Waals surface area (Å²) in [4.78, 5) is 0. The van der Waals surface area contributed by atoms with E-state index in [9.17, 15) is 0 Å². The van der Waals surface area contributed by atoms with Gasteiger partial charge < -0.3 is 18.9 Å². The van der Waals surface area contributed by atoms with Crippen LogP contribution in [0.4, 0.5) is 0 Å². The van der Waals surface area contributed by atoms with Gasteiger partial charge in [-0.15, -0.1) is 0 Å². The Morgan fingerprint density at radius 3 is 0.906 bits per heavy atom. The van der Waals surface area contributed by atoms with Crippen molar-refractivity contribution in [3.05, 3.63) is 36.4 Å². The fraction of sp³-hybridized carbons (Fsp3) is 0.333. The van der Waals surface area contributed by atoms with Gasteiger partial charge in [-0.05, 0) is 35.4 Å². The quantitative estimate of drug-likeness (QED) is 0.424. The topological polar surface area (TPSA) is 132 Å². The summed E-state index contributed by atoms with van der Waals surface area (Å²) in [6.45, 7) is 0.934. The zero-order valence-electron chi connectivity index (χ0n) is 17.5. The van der Waals surface area contributed by atoms with E-state index in [4.69, 9.17) is 40.0 Å². The van der Waals surface area contributed by atoms with Crippen molar-refractivity contribution >= 4 is 0 Å². The molecule has 0 heterocycles.